The molecule has 0 saturated heterocycles. The molecular weight excluding hydrogens is 345 g/mol. The molecule has 0 heterocycles. The summed E-state index contributed by atoms with van der Waals surface area (Å²) in [5, 5.41) is 0. The molecule has 0 aromatic heterocycles. The topological polar surface area (TPSA) is 3.24 Å². The van der Waals surface area contributed by atoms with Gasteiger partial charge in [0.1, 0.15) is 8.24 Å². The van der Waals surface area contributed by atoms with Gasteiger partial charge in [0.05, 0.1) is 0 Å². The highest BCUT2D eigenvalue weighted by molar-refractivity contribution is 6.77. The largest absolute Gasteiger partial charge is 0.388 e. The van der Waals surface area contributed by atoms with Crippen molar-refractivity contribution in [2.45, 2.75) is 55.9 Å². The van der Waals surface area contributed by atoms with Gasteiger partial charge >= 0.3 is 18.5 Å². The van der Waals surface area contributed by atoms with Crippen LogP contribution in [-0.4, -0.2) is 45.4 Å². The van der Waals surface area contributed by atoms with Gasteiger partial charge in [-0.1, -0.05) is 0 Å². The maximum absolute atomic E-state index is 12.4. The van der Waals surface area contributed by atoms with E-state index in [9.17, 15) is 39.5 Å². The Morgan fingerprint density at radius 2 is 0.818 bits per heavy atom. The van der Waals surface area contributed by atoms with Crippen LogP contribution in [0.4, 0.5) is 39.5 Å². The highest BCUT2D eigenvalue weighted by atomic mass is 28.3. The molecule has 0 aliphatic rings. The highest BCUT2D eigenvalue weighted by Gasteiger charge is 2.45. The molecule has 0 rings (SSSR count). The number of halogens is 9. The summed E-state index contributed by atoms with van der Waals surface area (Å²) >= 11 is 0. The van der Waals surface area contributed by atoms with Gasteiger partial charge in [-0.25, -0.2) is 0 Å². The number of alkyl halides is 9. The fourth-order valence-corrected chi connectivity index (χ4v) is 6.51. The van der Waals surface area contributed by atoms with Crippen LogP contribution in [-0.2, 0) is 0 Å². The molecular formula is C11H18F9NSi. The Morgan fingerprint density at radius 3 is 0.955 bits per heavy atom. The van der Waals surface area contributed by atoms with Gasteiger partial charge in [-0.3, -0.25) is 0 Å². The van der Waals surface area contributed by atoms with E-state index in [-0.39, 0.29) is 0 Å². The number of hydrogen-bond acceptors (Lipinski definition) is 1. The van der Waals surface area contributed by atoms with Crippen molar-refractivity contribution in [3.05, 3.63) is 0 Å². The second-order valence-corrected chi connectivity index (χ2v) is 10.3. The van der Waals surface area contributed by atoms with E-state index >= 15 is 0 Å². The molecule has 0 aliphatic heterocycles. The van der Waals surface area contributed by atoms with Crippen molar-refractivity contribution in [2.24, 2.45) is 0 Å². The van der Waals surface area contributed by atoms with Crippen molar-refractivity contribution in [2.75, 3.05) is 14.1 Å². The first kappa shape index (κ1) is 21.5. The molecule has 0 radical (unpaired) electrons. The predicted octanol–water partition coefficient (Wildman–Crippen LogP) is 5.35. The van der Waals surface area contributed by atoms with Crippen LogP contribution in [0.5, 0.6) is 0 Å². The summed E-state index contributed by atoms with van der Waals surface area (Å²) in [4.78, 5) is 0. The summed E-state index contributed by atoms with van der Waals surface area (Å²) in [6.07, 6.45) is -17.9. The minimum Gasteiger partial charge on any atom is -0.329 e. The zero-order valence-electron chi connectivity index (χ0n) is 12.1. The molecule has 0 fully saturated rings. The van der Waals surface area contributed by atoms with E-state index in [1.54, 1.807) is 0 Å². The Balaban J connectivity index is 5.17. The predicted molar refractivity (Wildman–Crippen MR) is 65.9 cm³/mol. The van der Waals surface area contributed by atoms with Crippen LogP contribution in [0.25, 0.3) is 0 Å². The monoisotopic (exact) mass is 363 g/mol. The minimum absolute atomic E-state index is 0.671. The van der Waals surface area contributed by atoms with Crippen LogP contribution in [0.3, 0.4) is 0 Å². The third kappa shape index (κ3) is 9.54. The number of nitrogens with zero attached hydrogens (tertiary/aromatic N) is 1. The molecule has 11 heteroatoms. The van der Waals surface area contributed by atoms with Crippen LogP contribution in [0.2, 0.25) is 18.1 Å². The van der Waals surface area contributed by atoms with Crippen molar-refractivity contribution in [3.8, 4) is 0 Å². The smallest absolute Gasteiger partial charge is 0.329 e. The van der Waals surface area contributed by atoms with E-state index in [0.29, 0.717) is 0 Å². The van der Waals surface area contributed by atoms with Crippen molar-refractivity contribution in [3.63, 3.8) is 0 Å². The zero-order valence-corrected chi connectivity index (χ0v) is 13.1. The van der Waals surface area contributed by atoms with Crippen LogP contribution in [0.15, 0.2) is 0 Å². The maximum atomic E-state index is 12.4. The van der Waals surface area contributed by atoms with E-state index in [2.05, 4.69) is 0 Å². The fraction of sp³-hybridized carbons (Fsp3) is 1.00. The Morgan fingerprint density at radius 1 is 0.591 bits per heavy atom. The number of hydrogen-bond donors (Lipinski definition) is 0. The second-order valence-electron chi connectivity index (χ2n) is 5.46. The molecule has 0 saturated carbocycles. The van der Waals surface area contributed by atoms with Gasteiger partial charge < -0.3 is 4.57 Å². The van der Waals surface area contributed by atoms with Gasteiger partial charge in [0.2, 0.25) is 0 Å². The van der Waals surface area contributed by atoms with Gasteiger partial charge in [-0.15, -0.1) is 0 Å². The van der Waals surface area contributed by atoms with Crippen molar-refractivity contribution >= 4 is 8.24 Å². The average Bonchev–Trinajstić information content (AvgIpc) is 2.24. The first-order valence-electron chi connectivity index (χ1n) is 6.44. The van der Waals surface area contributed by atoms with Gasteiger partial charge in [0, 0.05) is 19.3 Å². The standard InChI is InChI=1S/C11H18F9NSi/c1-21(2)22(6-3-9(12,13)14,7-4-10(15,16)17)8-5-11(18,19)20/h3-8H2,1-2H3. The Labute approximate surface area is 123 Å². The summed E-state index contributed by atoms with van der Waals surface area (Å²) in [6.45, 7) is 0. The Hall–Kier alpha value is -0.453. The fourth-order valence-electron chi connectivity index (χ4n) is 2.17. The molecule has 0 bridgehead atoms. The maximum Gasteiger partial charge on any atom is 0.388 e. The first-order valence-corrected chi connectivity index (χ1v) is 9.01. The Bertz CT molecular complexity index is 286. The first-order chi connectivity index (χ1) is 9.56. The lowest BCUT2D eigenvalue weighted by Gasteiger charge is -2.39. The van der Waals surface area contributed by atoms with Crippen LogP contribution < -0.4 is 0 Å². The van der Waals surface area contributed by atoms with Crippen LogP contribution in [0, 0.1) is 0 Å². The summed E-state index contributed by atoms with van der Waals surface area (Å²) in [6, 6.07) is -2.01. The molecule has 22 heavy (non-hydrogen) atoms. The Kier molecular flexibility index (Phi) is 7.26. The molecule has 0 spiro atoms. The van der Waals surface area contributed by atoms with E-state index in [0.717, 1.165) is 0 Å². The summed E-state index contributed by atoms with van der Waals surface area (Å²) in [5.74, 6) is 0. The van der Waals surface area contributed by atoms with Gasteiger partial charge in [-0.2, -0.15) is 39.5 Å². The highest BCUT2D eigenvalue weighted by Crippen LogP contribution is 2.38. The second kappa shape index (κ2) is 7.41. The minimum atomic E-state index is -4.61. The summed E-state index contributed by atoms with van der Waals surface area (Å²) in [7, 11) is -1.01. The zero-order chi connectivity index (χ0) is 17.8. The quantitative estimate of drug-likeness (QED) is 0.435. The molecule has 0 aromatic rings. The lowest BCUT2D eigenvalue weighted by Crippen LogP contribution is -2.51. The molecule has 0 aromatic carbocycles. The third-order valence-corrected chi connectivity index (χ3v) is 9.01. The molecule has 1 nitrogen and oxygen atoms in total. The van der Waals surface area contributed by atoms with E-state index in [1.807, 2.05) is 0 Å². The molecule has 0 atom stereocenters. The molecule has 0 aliphatic carbocycles. The lowest BCUT2D eigenvalue weighted by atomic mass is 10.5. The van der Waals surface area contributed by atoms with Crippen molar-refractivity contribution < 1.29 is 39.5 Å². The molecule has 0 amide bonds. The average molecular weight is 363 g/mol. The van der Waals surface area contributed by atoms with Crippen molar-refractivity contribution in [1.29, 1.82) is 0 Å². The molecule has 0 N–H and O–H groups in total. The van der Waals surface area contributed by atoms with Crippen LogP contribution >= 0.6 is 0 Å². The van der Waals surface area contributed by atoms with Gasteiger partial charge in [0.25, 0.3) is 0 Å². The lowest BCUT2D eigenvalue weighted by molar-refractivity contribution is -0.133. The van der Waals surface area contributed by atoms with Crippen molar-refractivity contribution in [1.82, 2.24) is 4.57 Å². The normalized spacial score (nSPS) is 14.7. The number of rotatable bonds is 7. The molecule has 0 unspecified atom stereocenters. The SMILES string of the molecule is CN(C)[Si](CCC(F)(F)F)(CCC(F)(F)F)CCC(F)(F)F. The summed E-state index contributed by atoms with van der Waals surface area (Å²) in [5.41, 5.74) is 0. The third-order valence-electron chi connectivity index (χ3n) is 3.57. The molecule has 134 valence electrons. The van der Waals surface area contributed by atoms with Crippen LogP contribution in [0.1, 0.15) is 19.3 Å². The van der Waals surface area contributed by atoms with E-state index in [1.165, 1.54) is 18.7 Å². The summed E-state index contributed by atoms with van der Waals surface area (Å²) < 4.78 is 112. The van der Waals surface area contributed by atoms with E-state index < -0.39 is 64.2 Å². The van der Waals surface area contributed by atoms with E-state index in [4.69, 9.17) is 0 Å². The van der Waals surface area contributed by atoms with Gasteiger partial charge in [0.15, 0.2) is 0 Å². The van der Waals surface area contributed by atoms with Gasteiger partial charge in [-0.05, 0) is 32.2 Å².